The van der Waals surface area contributed by atoms with Crippen molar-refractivity contribution < 1.29 is 14.0 Å². The fourth-order valence-electron chi connectivity index (χ4n) is 3.66. The minimum atomic E-state index is -0.382. The van der Waals surface area contributed by atoms with Gasteiger partial charge in [0.2, 0.25) is 0 Å². The highest BCUT2D eigenvalue weighted by molar-refractivity contribution is 7.12. The highest BCUT2D eigenvalue weighted by Gasteiger charge is 2.17. The Balaban J connectivity index is 1.41. The van der Waals surface area contributed by atoms with Crippen LogP contribution in [0.5, 0.6) is 0 Å². The number of anilines is 2. The molecule has 0 atom stereocenters. The molecule has 0 spiro atoms. The Labute approximate surface area is 184 Å². The van der Waals surface area contributed by atoms with Crippen LogP contribution in [0.25, 0.3) is 0 Å². The minimum Gasteiger partial charge on any atom is -0.370 e. The molecule has 7 heteroatoms. The second kappa shape index (κ2) is 9.75. The van der Waals surface area contributed by atoms with Crippen molar-refractivity contribution in [2.24, 2.45) is 0 Å². The Bertz CT molecular complexity index is 1050. The van der Waals surface area contributed by atoms with Crippen molar-refractivity contribution in [3.63, 3.8) is 0 Å². The van der Waals surface area contributed by atoms with E-state index in [1.165, 1.54) is 29.9 Å². The first-order valence-corrected chi connectivity index (χ1v) is 11.2. The molecular formula is C24H24FN3O2S. The van der Waals surface area contributed by atoms with Gasteiger partial charge in [-0.15, -0.1) is 11.3 Å². The lowest BCUT2D eigenvalue weighted by Gasteiger charge is -2.30. The molecule has 1 aliphatic heterocycles. The van der Waals surface area contributed by atoms with Gasteiger partial charge in [0, 0.05) is 25.2 Å². The molecule has 0 saturated carbocycles. The maximum Gasteiger partial charge on any atom is 0.261 e. The first-order valence-electron chi connectivity index (χ1n) is 10.4. The van der Waals surface area contributed by atoms with Gasteiger partial charge in [-0.1, -0.05) is 18.2 Å². The van der Waals surface area contributed by atoms with E-state index in [2.05, 4.69) is 15.5 Å². The third-order valence-electron chi connectivity index (χ3n) is 5.32. The number of nitrogens with zero attached hydrogens (tertiary/aromatic N) is 1. The number of rotatable bonds is 6. The van der Waals surface area contributed by atoms with Crippen LogP contribution in [0.1, 0.15) is 44.9 Å². The first-order chi connectivity index (χ1) is 15.1. The first kappa shape index (κ1) is 21.1. The highest BCUT2D eigenvalue weighted by Crippen LogP contribution is 2.29. The smallest absolute Gasteiger partial charge is 0.261 e. The molecule has 5 nitrogen and oxygen atoms in total. The van der Waals surface area contributed by atoms with Gasteiger partial charge in [-0.2, -0.15) is 0 Å². The number of benzene rings is 2. The fourth-order valence-corrected chi connectivity index (χ4v) is 4.30. The van der Waals surface area contributed by atoms with Crippen molar-refractivity contribution in [3.8, 4) is 0 Å². The van der Waals surface area contributed by atoms with E-state index in [1.54, 1.807) is 36.4 Å². The van der Waals surface area contributed by atoms with Crippen molar-refractivity contribution in [2.45, 2.75) is 25.8 Å². The van der Waals surface area contributed by atoms with E-state index in [4.69, 9.17) is 0 Å². The average molecular weight is 438 g/mol. The van der Waals surface area contributed by atoms with Crippen LogP contribution in [0.3, 0.4) is 0 Å². The summed E-state index contributed by atoms with van der Waals surface area (Å²) in [6, 6.07) is 15.2. The standard InChI is InChI=1S/C24H24FN3O2S/c25-19-10-11-21(28-12-2-1-3-13-28)20(15-19)27-23(29)18-8-6-17(7-9-18)16-26-24(30)22-5-4-14-31-22/h4-11,14-15H,1-3,12-13,16H2,(H,26,30)(H,27,29). The molecule has 1 aliphatic rings. The zero-order valence-electron chi connectivity index (χ0n) is 17.1. The molecule has 1 saturated heterocycles. The molecule has 4 rings (SSSR count). The second-order valence-electron chi connectivity index (χ2n) is 7.52. The number of carbonyl (C=O) groups excluding carboxylic acids is 2. The molecule has 160 valence electrons. The predicted octanol–water partition coefficient (Wildman–Crippen LogP) is 5.06. The molecule has 0 bridgehead atoms. The molecule has 31 heavy (non-hydrogen) atoms. The van der Waals surface area contributed by atoms with Crippen LogP contribution in [-0.2, 0) is 6.54 Å². The second-order valence-corrected chi connectivity index (χ2v) is 8.47. The van der Waals surface area contributed by atoms with Crippen LogP contribution in [0.4, 0.5) is 15.8 Å². The highest BCUT2D eigenvalue weighted by atomic mass is 32.1. The third-order valence-corrected chi connectivity index (χ3v) is 6.19. The predicted molar refractivity (Wildman–Crippen MR) is 122 cm³/mol. The topological polar surface area (TPSA) is 61.4 Å². The van der Waals surface area contributed by atoms with E-state index in [0.29, 0.717) is 22.7 Å². The molecule has 0 aliphatic carbocycles. The number of hydrogen-bond donors (Lipinski definition) is 2. The Morgan fingerprint density at radius 3 is 2.45 bits per heavy atom. The fraction of sp³-hybridized carbons (Fsp3) is 0.250. The normalized spacial score (nSPS) is 13.6. The molecule has 2 amide bonds. The molecule has 2 heterocycles. The van der Waals surface area contributed by atoms with Gasteiger partial charge in [0.1, 0.15) is 5.82 Å². The van der Waals surface area contributed by atoms with Crippen LogP contribution in [0.15, 0.2) is 60.0 Å². The lowest BCUT2D eigenvalue weighted by molar-refractivity contribution is 0.0953. The maximum atomic E-state index is 13.9. The number of halogens is 1. The van der Waals surface area contributed by atoms with Crippen molar-refractivity contribution in [1.82, 2.24) is 5.32 Å². The van der Waals surface area contributed by atoms with Crippen LogP contribution >= 0.6 is 11.3 Å². The number of thiophene rings is 1. The maximum absolute atomic E-state index is 13.9. The van der Waals surface area contributed by atoms with Crippen molar-refractivity contribution in [3.05, 3.63) is 81.8 Å². The molecule has 2 N–H and O–H groups in total. The Morgan fingerprint density at radius 1 is 0.968 bits per heavy atom. The number of carbonyl (C=O) groups is 2. The summed E-state index contributed by atoms with van der Waals surface area (Å²) in [4.78, 5) is 27.7. The lowest BCUT2D eigenvalue weighted by Crippen LogP contribution is -2.30. The van der Waals surface area contributed by atoms with Gasteiger partial charge in [-0.3, -0.25) is 9.59 Å². The van der Waals surface area contributed by atoms with E-state index in [9.17, 15) is 14.0 Å². The summed E-state index contributed by atoms with van der Waals surface area (Å²) in [6.07, 6.45) is 3.38. The molecule has 3 aromatic rings. The van der Waals surface area contributed by atoms with Crippen molar-refractivity contribution in [1.29, 1.82) is 0 Å². The number of piperidine rings is 1. The average Bonchev–Trinajstić information content (AvgIpc) is 3.34. The third kappa shape index (κ3) is 5.30. The quantitative estimate of drug-likeness (QED) is 0.567. The SMILES string of the molecule is O=C(Nc1cc(F)ccc1N1CCCCC1)c1ccc(CNC(=O)c2cccs2)cc1. The summed E-state index contributed by atoms with van der Waals surface area (Å²) in [5.41, 5.74) is 2.70. The summed E-state index contributed by atoms with van der Waals surface area (Å²) < 4.78 is 13.9. The Morgan fingerprint density at radius 2 is 1.74 bits per heavy atom. The van der Waals surface area contributed by atoms with Crippen LogP contribution in [-0.4, -0.2) is 24.9 Å². The summed E-state index contributed by atoms with van der Waals surface area (Å²) >= 11 is 1.39. The number of amides is 2. The van der Waals surface area contributed by atoms with Gasteiger partial charge in [0.15, 0.2) is 0 Å². The molecular weight excluding hydrogens is 413 g/mol. The van der Waals surface area contributed by atoms with Crippen LogP contribution < -0.4 is 15.5 Å². The van der Waals surface area contributed by atoms with Gasteiger partial charge in [-0.05, 0) is 66.6 Å². The van der Waals surface area contributed by atoms with Crippen LogP contribution in [0, 0.1) is 5.82 Å². The molecule has 0 radical (unpaired) electrons. The summed E-state index contributed by atoms with van der Waals surface area (Å²) in [5, 5.41) is 7.59. The van der Waals surface area contributed by atoms with Crippen LogP contribution in [0.2, 0.25) is 0 Å². The van der Waals surface area contributed by atoms with Gasteiger partial charge in [0.25, 0.3) is 11.8 Å². The van der Waals surface area contributed by atoms with E-state index in [-0.39, 0.29) is 17.6 Å². The molecule has 2 aromatic carbocycles. The molecule has 1 fully saturated rings. The van der Waals surface area contributed by atoms with E-state index in [0.717, 1.165) is 37.2 Å². The Kier molecular flexibility index (Phi) is 6.62. The van der Waals surface area contributed by atoms with Crippen molar-refractivity contribution >= 4 is 34.5 Å². The van der Waals surface area contributed by atoms with E-state index in [1.807, 2.05) is 11.4 Å². The van der Waals surface area contributed by atoms with Gasteiger partial charge in [0.05, 0.1) is 16.3 Å². The zero-order chi connectivity index (χ0) is 21.6. The lowest BCUT2D eigenvalue weighted by atomic mass is 10.1. The minimum absolute atomic E-state index is 0.117. The summed E-state index contributed by atoms with van der Waals surface area (Å²) in [7, 11) is 0. The van der Waals surface area contributed by atoms with Gasteiger partial charge < -0.3 is 15.5 Å². The molecule has 1 aromatic heterocycles. The van der Waals surface area contributed by atoms with Gasteiger partial charge in [-0.25, -0.2) is 4.39 Å². The largest absolute Gasteiger partial charge is 0.370 e. The Hall–Kier alpha value is -3.19. The van der Waals surface area contributed by atoms with Crippen molar-refractivity contribution in [2.75, 3.05) is 23.3 Å². The molecule has 0 unspecified atom stereocenters. The van der Waals surface area contributed by atoms with E-state index < -0.39 is 0 Å². The number of nitrogens with one attached hydrogen (secondary N) is 2. The van der Waals surface area contributed by atoms with Gasteiger partial charge >= 0.3 is 0 Å². The summed E-state index contributed by atoms with van der Waals surface area (Å²) in [5.74, 6) is -0.793. The number of hydrogen-bond acceptors (Lipinski definition) is 4. The zero-order valence-corrected chi connectivity index (χ0v) is 17.9. The van der Waals surface area contributed by atoms with E-state index >= 15 is 0 Å². The summed E-state index contributed by atoms with van der Waals surface area (Å²) in [6.45, 7) is 2.18. The monoisotopic (exact) mass is 437 g/mol.